The molecule has 18 nitrogen and oxygen atoms in total. The SMILES string of the molecule is CC(=O)O.Cc1cc(=O)oc2cc(NC(=O)CNC(=O)CNC(=O)C(CCCN=C(N)N)NC(=O)C(CC(C)C)NC(=O)OCc3ccccc3)ccc12. The molecular formula is C36H48N8O10. The number of aliphatic carboxylic acids is 1. The third-order valence-corrected chi connectivity index (χ3v) is 7.21. The van der Waals surface area contributed by atoms with Crippen LogP contribution in [0.5, 0.6) is 0 Å². The first-order valence-electron chi connectivity index (χ1n) is 16.9. The number of benzene rings is 2. The average Bonchev–Trinajstić information content (AvgIpc) is 3.09. The number of aryl methyl sites for hydroxylation is 1. The number of aliphatic imine (C=N–C) groups is 1. The van der Waals surface area contributed by atoms with E-state index >= 15 is 0 Å². The molecule has 2 aromatic carbocycles. The Bertz CT molecular complexity index is 1840. The predicted molar refractivity (Wildman–Crippen MR) is 200 cm³/mol. The van der Waals surface area contributed by atoms with E-state index in [9.17, 15) is 28.8 Å². The molecule has 3 rings (SSSR count). The van der Waals surface area contributed by atoms with Crippen LogP contribution in [-0.2, 0) is 35.3 Å². The standard InChI is InChI=1S/C34H44N8O8.C2H4O2/c1-20(2)14-26(42-34(48)49-19-22-8-5-4-6-9-22)32(47)41-25(10-7-13-37-33(35)36)31(46)39-17-28(43)38-18-29(44)40-23-11-12-24-21(3)15-30(45)50-27(24)16-23;1-2(3)4/h4-6,8-9,11-12,15-16,20,25-26H,7,10,13-14,17-19H2,1-3H3,(H,38,43)(H,39,46)(H,40,44)(H,41,47)(H,42,48)(H4,35,36,37);1H3,(H,3,4). The Hall–Kier alpha value is -6.46. The largest absolute Gasteiger partial charge is 0.481 e. The van der Waals surface area contributed by atoms with Crippen molar-refractivity contribution in [2.75, 3.05) is 25.0 Å². The minimum absolute atomic E-state index is 0.00124. The molecule has 54 heavy (non-hydrogen) atoms. The molecule has 18 heteroatoms. The number of anilines is 1. The highest BCUT2D eigenvalue weighted by Crippen LogP contribution is 2.20. The van der Waals surface area contributed by atoms with E-state index in [0.29, 0.717) is 23.1 Å². The summed E-state index contributed by atoms with van der Waals surface area (Å²) in [5, 5.41) is 20.8. The second-order valence-electron chi connectivity index (χ2n) is 12.4. The van der Waals surface area contributed by atoms with Gasteiger partial charge >= 0.3 is 11.7 Å². The molecule has 0 fully saturated rings. The van der Waals surface area contributed by atoms with Gasteiger partial charge in [-0.05, 0) is 55.4 Å². The quantitative estimate of drug-likeness (QED) is 0.0418. The van der Waals surface area contributed by atoms with E-state index in [0.717, 1.165) is 18.1 Å². The lowest BCUT2D eigenvalue weighted by molar-refractivity contribution is -0.134. The van der Waals surface area contributed by atoms with E-state index in [4.69, 9.17) is 30.5 Å². The second-order valence-corrected chi connectivity index (χ2v) is 12.4. The Balaban J connectivity index is 0.00000239. The fourth-order valence-electron chi connectivity index (χ4n) is 4.79. The fraction of sp³-hybridized carbons (Fsp3) is 0.389. The zero-order valence-electron chi connectivity index (χ0n) is 30.6. The number of nitrogens with two attached hydrogens (primary N) is 2. The summed E-state index contributed by atoms with van der Waals surface area (Å²) >= 11 is 0. The van der Waals surface area contributed by atoms with Crippen molar-refractivity contribution in [3.8, 4) is 0 Å². The second kappa shape index (κ2) is 22.5. The summed E-state index contributed by atoms with van der Waals surface area (Å²) < 4.78 is 10.5. The summed E-state index contributed by atoms with van der Waals surface area (Å²) in [5.74, 6) is -3.49. The van der Waals surface area contributed by atoms with E-state index < -0.39 is 66.5 Å². The van der Waals surface area contributed by atoms with Gasteiger partial charge in [0.15, 0.2) is 5.96 Å². The van der Waals surface area contributed by atoms with Gasteiger partial charge in [-0.2, -0.15) is 0 Å². The van der Waals surface area contributed by atoms with Crippen molar-refractivity contribution in [1.82, 2.24) is 21.3 Å². The molecule has 3 aromatic rings. The lowest BCUT2D eigenvalue weighted by Gasteiger charge is -2.24. The van der Waals surface area contributed by atoms with Gasteiger partial charge in [-0.25, -0.2) is 9.59 Å². The number of rotatable bonds is 17. The summed E-state index contributed by atoms with van der Waals surface area (Å²) in [6, 6.07) is 13.1. The van der Waals surface area contributed by atoms with Crippen LogP contribution in [0.4, 0.5) is 10.5 Å². The first-order chi connectivity index (χ1) is 25.5. The molecule has 2 atom stereocenters. The van der Waals surface area contributed by atoms with Gasteiger partial charge in [-0.3, -0.25) is 29.0 Å². The highest BCUT2D eigenvalue weighted by atomic mass is 16.5. The van der Waals surface area contributed by atoms with Crippen molar-refractivity contribution >= 4 is 58.3 Å². The smallest absolute Gasteiger partial charge is 0.408 e. The van der Waals surface area contributed by atoms with Crippen LogP contribution in [0.1, 0.15) is 51.2 Å². The van der Waals surface area contributed by atoms with Gasteiger partial charge in [-0.15, -0.1) is 0 Å². The summed E-state index contributed by atoms with van der Waals surface area (Å²) in [5.41, 5.74) is 12.4. The van der Waals surface area contributed by atoms with Crippen molar-refractivity contribution < 1.29 is 43.0 Å². The molecule has 0 aliphatic carbocycles. The number of guanidine groups is 1. The third kappa shape index (κ3) is 17.2. The van der Waals surface area contributed by atoms with Crippen molar-refractivity contribution in [2.24, 2.45) is 22.4 Å². The Morgan fingerprint density at radius 3 is 2.20 bits per heavy atom. The van der Waals surface area contributed by atoms with Crippen LogP contribution in [0.3, 0.4) is 0 Å². The highest BCUT2D eigenvalue weighted by molar-refractivity contribution is 5.97. The zero-order chi connectivity index (χ0) is 40.2. The number of carboxylic acid groups (broad SMARTS) is 1. The number of alkyl carbamates (subject to hydrolysis) is 1. The normalized spacial score (nSPS) is 11.5. The molecule has 292 valence electrons. The highest BCUT2D eigenvalue weighted by Gasteiger charge is 2.28. The molecule has 0 bridgehead atoms. The number of carboxylic acids is 1. The first kappa shape index (κ1) is 43.7. The average molecular weight is 753 g/mol. The van der Waals surface area contributed by atoms with E-state index in [1.54, 1.807) is 31.2 Å². The minimum Gasteiger partial charge on any atom is -0.481 e. The molecule has 0 spiro atoms. The minimum atomic E-state index is -1.11. The number of hydrogen-bond donors (Lipinski definition) is 8. The maximum Gasteiger partial charge on any atom is 0.408 e. The van der Waals surface area contributed by atoms with E-state index in [2.05, 4.69) is 31.6 Å². The molecule has 0 saturated heterocycles. The topological polar surface area (TPSA) is 287 Å². The number of fused-ring (bicyclic) bond motifs is 1. The molecule has 2 unspecified atom stereocenters. The Morgan fingerprint density at radius 2 is 1.56 bits per heavy atom. The van der Waals surface area contributed by atoms with Crippen molar-refractivity contribution in [3.63, 3.8) is 0 Å². The van der Waals surface area contributed by atoms with Gasteiger partial charge in [0.1, 0.15) is 24.3 Å². The summed E-state index contributed by atoms with van der Waals surface area (Å²) in [7, 11) is 0. The van der Waals surface area contributed by atoms with E-state index in [1.165, 1.54) is 12.1 Å². The monoisotopic (exact) mass is 752 g/mol. The van der Waals surface area contributed by atoms with Gasteiger partial charge in [0.05, 0.1) is 13.1 Å². The Kier molecular flexibility index (Phi) is 18.2. The fourth-order valence-corrected chi connectivity index (χ4v) is 4.79. The lowest BCUT2D eigenvalue weighted by atomic mass is 10.0. The van der Waals surface area contributed by atoms with E-state index in [1.807, 2.05) is 32.0 Å². The number of ether oxygens (including phenoxy) is 1. The molecule has 10 N–H and O–H groups in total. The van der Waals surface area contributed by atoms with Gasteiger partial charge in [0.25, 0.3) is 5.97 Å². The Morgan fingerprint density at radius 1 is 0.889 bits per heavy atom. The van der Waals surface area contributed by atoms with Gasteiger partial charge in [-0.1, -0.05) is 44.2 Å². The van der Waals surface area contributed by atoms with Gasteiger partial charge in [0, 0.05) is 36.7 Å². The molecule has 1 heterocycles. The van der Waals surface area contributed by atoms with Crippen LogP contribution in [0, 0.1) is 12.8 Å². The number of carbonyl (C=O) groups is 6. The molecule has 0 radical (unpaired) electrons. The third-order valence-electron chi connectivity index (χ3n) is 7.21. The maximum absolute atomic E-state index is 13.3. The van der Waals surface area contributed by atoms with Crippen molar-refractivity contribution in [1.29, 1.82) is 0 Å². The Labute approximate surface area is 311 Å². The maximum atomic E-state index is 13.3. The number of amides is 5. The summed E-state index contributed by atoms with van der Waals surface area (Å²) in [4.78, 5) is 88.6. The number of hydrogen-bond acceptors (Lipinski definition) is 10. The van der Waals surface area contributed by atoms with Crippen molar-refractivity contribution in [3.05, 3.63) is 76.1 Å². The van der Waals surface area contributed by atoms with Crippen molar-refractivity contribution in [2.45, 2.75) is 65.6 Å². The van der Waals surface area contributed by atoms with Gasteiger partial charge in [0.2, 0.25) is 23.6 Å². The lowest BCUT2D eigenvalue weighted by Crippen LogP contribution is -2.55. The van der Waals surface area contributed by atoms with Crippen LogP contribution in [0.2, 0.25) is 0 Å². The molecule has 5 amide bonds. The molecule has 0 saturated carbocycles. The number of nitrogens with one attached hydrogen (secondary N) is 5. The van der Waals surface area contributed by atoms with Gasteiger partial charge < -0.3 is 52.3 Å². The zero-order valence-corrected chi connectivity index (χ0v) is 30.6. The van der Waals surface area contributed by atoms with Crippen LogP contribution < -0.4 is 43.7 Å². The molecular weight excluding hydrogens is 704 g/mol. The molecule has 0 aliphatic heterocycles. The summed E-state index contributed by atoms with van der Waals surface area (Å²) in [6.07, 6.45) is -0.128. The molecule has 0 aliphatic rings. The van der Waals surface area contributed by atoms with Crippen LogP contribution in [0.15, 0.2) is 68.8 Å². The van der Waals surface area contributed by atoms with Crippen LogP contribution >= 0.6 is 0 Å². The van der Waals surface area contributed by atoms with Crippen LogP contribution in [0.25, 0.3) is 11.0 Å². The summed E-state index contributed by atoms with van der Waals surface area (Å²) in [6.45, 7) is 5.88. The predicted octanol–water partition coefficient (Wildman–Crippen LogP) is 1.24. The molecule has 1 aromatic heterocycles. The first-order valence-corrected chi connectivity index (χ1v) is 16.9. The number of carbonyl (C=O) groups excluding carboxylic acids is 5. The van der Waals surface area contributed by atoms with Crippen LogP contribution in [-0.4, -0.2) is 78.5 Å². The van der Waals surface area contributed by atoms with E-state index in [-0.39, 0.29) is 37.9 Å². The number of nitrogens with zero attached hydrogens (tertiary/aromatic N) is 1.